The van der Waals surface area contributed by atoms with Crippen molar-refractivity contribution in [2.75, 3.05) is 13.7 Å². The average molecular weight is 219 g/mol. The molecule has 0 aromatic heterocycles. The number of benzene rings is 1. The highest BCUT2D eigenvalue weighted by atomic mass is 16.5. The van der Waals surface area contributed by atoms with Gasteiger partial charge in [-0.15, -0.1) is 0 Å². The fourth-order valence-corrected chi connectivity index (χ4v) is 1.17. The minimum Gasteiger partial charge on any atom is -0.497 e. The first-order chi connectivity index (χ1) is 7.69. The van der Waals surface area contributed by atoms with Gasteiger partial charge in [-0.3, -0.25) is 0 Å². The predicted molar refractivity (Wildman–Crippen MR) is 60.5 cm³/mol. The van der Waals surface area contributed by atoms with Crippen molar-refractivity contribution in [2.45, 2.75) is 6.42 Å². The van der Waals surface area contributed by atoms with Gasteiger partial charge < -0.3 is 15.6 Å². The molecule has 0 saturated heterocycles. The minimum atomic E-state index is -1.00. The first-order valence-corrected chi connectivity index (χ1v) is 4.79. The van der Waals surface area contributed by atoms with E-state index >= 15 is 0 Å². The second-order valence-electron chi connectivity index (χ2n) is 3.06. The zero-order valence-corrected chi connectivity index (χ0v) is 8.99. The molecule has 0 atom stereocenters. The van der Waals surface area contributed by atoms with Gasteiger partial charge in [-0.1, -0.05) is 11.8 Å². The summed E-state index contributed by atoms with van der Waals surface area (Å²) in [5, 5.41) is 8.95. The molecule has 0 spiro atoms. The lowest BCUT2D eigenvalue weighted by molar-refractivity contribution is 0.0696. The van der Waals surface area contributed by atoms with Gasteiger partial charge in [0.1, 0.15) is 5.75 Å². The van der Waals surface area contributed by atoms with E-state index in [1.807, 2.05) is 0 Å². The lowest BCUT2D eigenvalue weighted by atomic mass is 10.1. The van der Waals surface area contributed by atoms with Crippen molar-refractivity contribution in [1.82, 2.24) is 0 Å². The number of methoxy groups -OCH3 is 1. The van der Waals surface area contributed by atoms with E-state index in [1.54, 1.807) is 12.1 Å². The van der Waals surface area contributed by atoms with Crippen LogP contribution in [0.4, 0.5) is 0 Å². The molecule has 0 heterocycles. The second-order valence-corrected chi connectivity index (χ2v) is 3.06. The molecule has 84 valence electrons. The van der Waals surface area contributed by atoms with E-state index in [4.69, 9.17) is 15.6 Å². The maximum absolute atomic E-state index is 10.9. The Kier molecular flexibility index (Phi) is 4.37. The second kappa shape index (κ2) is 5.79. The summed E-state index contributed by atoms with van der Waals surface area (Å²) >= 11 is 0. The van der Waals surface area contributed by atoms with Gasteiger partial charge in [-0.2, -0.15) is 0 Å². The zero-order chi connectivity index (χ0) is 12.0. The topological polar surface area (TPSA) is 72.5 Å². The third-order valence-corrected chi connectivity index (χ3v) is 1.95. The van der Waals surface area contributed by atoms with Crippen LogP contribution < -0.4 is 10.5 Å². The van der Waals surface area contributed by atoms with Crippen molar-refractivity contribution in [3.05, 3.63) is 29.3 Å². The third kappa shape index (κ3) is 3.01. The number of carboxylic acids is 1. The summed E-state index contributed by atoms with van der Waals surface area (Å²) in [5.41, 5.74) is 5.92. The zero-order valence-electron chi connectivity index (χ0n) is 8.99. The highest BCUT2D eigenvalue weighted by Crippen LogP contribution is 2.16. The highest BCUT2D eigenvalue weighted by molar-refractivity contribution is 5.91. The predicted octanol–water partition coefficient (Wildman–Crippen LogP) is 1.09. The summed E-state index contributed by atoms with van der Waals surface area (Å²) in [6, 6.07) is 4.68. The molecule has 0 fully saturated rings. The molecule has 0 aliphatic rings. The monoisotopic (exact) mass is 219 g/mol. The molecule has 1 rings (SSSR count). The van der Waals surface area contributed by atoms with Crippen LogP contribution in [-0.4, -0.2) is 24.7 Å². The smallest absolute Gasteiger partial charge is 0.336 e. The molecule has 0 aliphatic carbocycles. The Morgan fingerprint density at radius 1 is 1.56 bits per heavy atom. The van der Waals surface area contributed by atoms with Crippen molar-refractivity contribution in [3.8, 4) is 17.6 Å². The van der Waals surface area contributed by atoms with Gasteiger partial charge in [0.25, 0.3) is 0 Å². The summed E-state index contributed by atoms with van der Waals surface area (Å²) in [5.74, 6) is 5.17. The van der Waals surface area contributed by atoms with Gasteiger partial charge in [0.05, 0.1) is 12.7 Å². The molecule has 4 nitrogen and oxygen atoms in total. The van der Waals surface area contributed by atoms with Gasteiger partial charge in [0.15, 0.2) is 0 Å². The largest absolute Gasteiger partial charge is 0.497 e. The van der Waals surface area contributed by atoms with Crippen molar-refractivity contribution in [1.29, 1.82) is 0 Å². The molecule has 0 aliphatic heterocycles. The van der Waals surface area contributed by atoms with Crippen LogP contribution in [0, 0.1) is 11.8 Å². The van der Waals surface area contributed by atoms with E-state index in [2.05, 4.69) is 11.8 Å². The van der Waals surface area contributed by atoms with Crippen molar-refractivity contribution in [2.24, 2.45) is 5.73 Å². The van der Waals surface area contributed by atoms with Crippen LogP contribution in [-0.2, 0) is 0 Å². The number of carboxylic acid groups (broad SMARTS) is 1. The molecule has 0 amide bonds. The lowest BCUT2D eigenvalue weighted by Gasteiger charge is -2.03. The number of carbonyl (C=O) groups is 1. The summed E-state index contributed by atoms with van der Waals surface area (Å²) in [4.78, 5) is 10.9. The fraction of sp³-hybridized carbons (Fsp3) is 0.250. The van der Waals surface area contributed by atoms with Gasteiger partial charge in [-0.05, 0) is 18.2 Å². The summed E-state index contributed by atoms with van der Waals surface area (Å²) in [7, 11) is 1.52. The molecule has 1 aromatic carbocycles. The Balaban J connectivity index is 3.11. The number of nitrogens with two attached hydrogens (primary N) is 1. The number of aromatic carboxylic acids is 1. The van der Waals surface area contributed by atoms with E-state index in [9.17, 15) is 4.79 Å². The van der Waals surface area contributed by atoms with Crippen LogP contribution in [0.2, 0.25) is 0 Å². The molecule has 4 heteroatoms. The van der Waals surface area contributed by atoms with Crippen LogP contribution in [0.5, 0.6) is 5.75 Å². The van der Waals surface area contributed by atoms with Gasteiger partial charge in [-0.25, -0.2) is 4.79 Å². The number of ether oxygens (including phenoxy) is 1. The third-order valence-electron chi connectivity index (χ3n) is 1.95. The van der Waals surface area contributed by atoms with Crippen molar-refractivity contribution in [3.63, 3.8) is 0 Å². The summed E-state index contributed by atoms with van der Waals surface area (Å²) < 4.78 is 5.01. The molecule has 0 unspecified atom stereocenters. The van der Waals surface area contributed by atoms with Gasteiger partial charge in [0, 0.05) is 18.5 Å². The van der Waals surface area contributed by atoms with E-state index in [0.29, 0.717) is 24.3 Å². The first kappa shape index (κ1) is 12.1. The summed E-state index contributed by atoms with van der Waals surface area (Å²) in [6.45, 7) is 0.458. The van der Waals surface area contributed by atoms with Gasteiger partial charge >= 0.3 is 5.97 Å². The van der Waals surface area contributed by atoms with E-state index in [-0.39, 0.29) is 5.56 Å². The van der Waals surface area contributed by atoms with Crippen LogP contribution >= 0.6 is 0 Å². The number of hydrogen-bond donors (Lipinski definition) is 2. The fourth-order valence-electron chi connectivity index (χ4n) is 1.17. The average Bonchev–Trinajstić information content (AvgIpc) is 2.29. The molecular formula is C12H13NO3. The molecular weight excluding hydrogens is 206 g/mol. The molecule has 16 heavy (non-hydrogen) atoms. The molecule has 0 bridgehead atoms. The first-order valence-electron chi connectivity index (χ1n) is 4.79. The molecule has 1 aromatic rings. The van der Waals surface area contributed by atoms with Crippen molar-refractivity contribution >= 4 is 5.97 Å². The van der Waals surface area contributed by atoms with E-state index in [1.165, 1.54) is 13.2 Å². The molecule has 3 N–H and O–H groups in total. The highest BCUT2D eigenvalue weighted by Gasteiger charge is 2.08. The maximum atomic E-state index is 10.9. The Hall–Kier alpha value is -1.99. The summed E-state index contributed by atoms with van der Waals surface area (Å²) in [6.07, 6.45) is 0.538. The normalized spacial score (nSPS) is 9.12. The Morgan fingerprint density at radius 3 is 2.88 bits per heavy atom. The van der Waals surface area contributed by atoms with Gasteiger partial charge in [0.2, 0.25) is 0 Å². The van der Waals surface area contributed by atoms with E-state index in [0.717, 1.165) is 0 Å². The van der Waals surface area contributed by atoms with Crippen LogP contribution in [0.15, 0.2) is 18.2 Å². The lowest BCUT2D eigenvalue weighted by Crippen LogP contribution is -2.01. The van der Waals surface area contributed by atoms with Crippen LogP contribution in [0.1, 0.15) is 22.3 Å². The maximum Gasteiger partial charge on any atom is 0.336 e. The minimum absolute atomic E-state index is 0.172. The van der Waals surface area contributed by atoms with Crippen LogP contribution in [0.3, 0.4) is 0 Å². The standard InChI is InChI=1S/C12H13NO3/c1-16-10-5-6-11(12(14)15)9(8-10)4-2-3-7-13/h5-6,8H,3,7,13H2,1H3,(H,14,15). The number of hydrogen-bond acceptors (Lipinski definition) is 3. The Bertz CT molecular complexity index is 443. The van der Waals surface area contributed by atoms with E-state index < -0.39 is 5.97 Å². The quantitative estimate of drug-likeness (QED) is 0.746. The molecule has 0 radical (unpaired) electrons. The SMILES string of the molecule is COc1ccc(C(=O)O)c(C#CCCN)c1. The Labute approximate surface area is 94.0 Å². The molecule has 0 saturated carbocycles. The number of rotatable bonds is 3. The van der Waals surface area contributed by atoms with Crippen LogP contribution in [0.25, 0.3) is 0 Å². The van der Waals surface area contributed by atoms with Crippen molar-refractivity contribution < 1.29 is 14.6 Å². The Morgan fingerprint density at radius 2 is 2.31 bits per heavy atom.